The molecule has 0 spiro atoms. The third-order valence-electron chi connectivity index (χ3n) is 3.88. The fraction of sp³-hybridized carbons (Fsp3) is 0. The predicted octanol–water partition coefficient (Wildman–Crippen LogP) is 5.72. The van der Waals surface area contributed by atoms with Gasteiger partial charge in [-0.25, -0.2) is 4.98 Å². The van der Waals surface area contributed by atoms with Crippen molar-refractivity contribution >= 4 is 28.4 Å². The number of fused-ring (bicyclic) bond motifs is 1. The summed E-state index contributed by atoms with van der Waals surface area (Å²) in [6, 6.07) is 20.0. The van der Waals surface area contributed by atoms with Crippen LogP contribution in [0.4, 0.5) is 5.88 Å². The second-order valence-electron chi connectivity index (χ2n) is 5.48. The SMILES string of the molecule is O=[N+]([O-])c1ccc(-c2cc(-c3ccccc3)c3cc(Cl)ccc3n2)o1. The summed E-state index contributed by atoms with van der Waals surface area (Å²) < 4.78 is 5.31. The van der Waals surface area contributed by atoms with E-state index in [0.29, 0.717) is 16.5 Å². The van der Waals surface area contributed by atoms with Crippen LogP contribution in [0.15, 0.2) is 71.1 Å². The topological polar surface area (TPSA) is 69.2 Å². The van der Waals surface area contributed by atoms with E-state index in [2.05, 4.69) is 4.98 Å². The van der Waals surface area contributed by atoms with Crippen molar-refractivity contribution in [2.24, 2.45) is 0 Å². The van der Waals surface area contributed by atoms with Crippen LogP contribution in [-0.2, 0) is 0 Å². The van der Waals surface area contributed by atoms with Gasteiger partial charge in [-0.15, -0.1) is 0 Å². The number of hydrogen-bond donors (Lipinski definition) is 0. The molecule has 6 heteroatoms. The van der Waals surface area contributed by atoms with Crippen LogP contribution < -0.4 is 0 Å². The molecule has 0 N–H and O–H groups in total. The zero-order chi connectivity index (χ0) is 17.4. The van der Waals surface area contributed by atoms with Crippen molar-refractivity contribution in [3.63, 3.8) is 0 Å². The summed E-state index contributed by atoms with van der Waals surface area (Å²) in [6.45, 7) is 0. The Kier molecular flexibility index (Phi) is 3.71. The lowest BCUT2D eigenvalue weighted by molar-refractivity contribution is -0.401. The highest BCUT2D eigenvalue weighted by molar-refractivity contribution is 6.31. The molecule has 0 aliphatic rings. The summed E-state index contributed by atoms with van der Waals surface area (Å²) in [6.07, 6.45) is 0. The van der Waals surface area contributed by atoms with E-state index >= 15 is 0 Å². The predicted molar refractivity (Wildman–Crippen MR) is 96.5 cm³/mol. The van der Waals surface area contributed by atoms with Gasteiger partial charge in [0.2, 0.25) is 0 Å². The average Bonchev–Trinajstić information content (AvgIpc) is 3.12. The number of pyridine rings is 1. The maximum Gasteiger partial charge on any atom is 0.433 e. The summed E-state index contributed by atoms with van der Waals surface area (Å²) in [5.74, 6) is 0.0370. The summed E-state index contributed by atoms with van der Waals surface area (Å²) >= 11 is 6.15. The van der Waals surface area contributed by atoms with Crippen LogP contribution in [0.2, 0.25) is 5.02 Å². The van der Waals surface area contributed by atoms with Crippen LogP contribution in [0.1, 0.15) is 0 Å². The Hall–Kier alpha value is -3.18. The van der Waals surface area contributed by atoms with E-state index in [1.54, 1.807) is 12.1 Å². The minimum absolute atomic E-state index is 0.311. The molecule has 0 unspecified atom stereocenters. The molecule has 0 aliphatic heterocycles. The first-order valence-electron chi connectivity index (χ1n) is 7.52. The molecule has 2 heterocycles. The van der Waals surface area contributed by atoms with Crippen molar-refractivity contribution < 1.29 is 9.34 Å². The molecule has 0 atom stereocenters. The smallest absolute Gasteiger partial charge is 0.399 e. The normalized spacial score (nSPS) is 10.9. The van der Waals surface area contributed by atoms with Crippen molar-refractivity contribution in [2.75, 3.05) is 0 Å². The monoisotopic (exact) mass is 350 g/mol. The van der Waals surface area contributed by atoms with Crippen molar-refractivity contribution in [1.29, 1.82) is 0 Å². The van der Waals surface area contributed by atoms with E-state index in [9.17, 15) is 10.1 Å². The third kappa shape index (κ3) is 2.86. The molecule has 0 bridgehead atoms. The first-order valence-corrected chi connectivity index (χ1v) is 7.90. The highest BCUT2D eigenvalue weighted by atomic mass is 35.5. The molecule has 0 aliphatic carbocycles. The number of hydrogen-bond acceptors (Lipinski definition) is 4. The molecule has 4 aromatic rings. The maximum absolute atomic E-state index is 10.9. The van der Waals surface area contributed by atoms with Crippen LogP contribution in [0.5, 0.6) is 0 Å². The second-order valence-corrected chi connectivity index (χ2v) is 5.91. The fourth-order valence-electron chi connectivity index (χ4n) is 2.74. The van der Waals surface area contributed by atoms with Crippen LogP contribution in [0.3, 0.4) is 0 Å². The Bertz CT molecular complexity index is 1090. The van der Waals surface area contributed by atoms with Crippen molar-refractivity contribution in [3.8, 4) is 22.6 Å². The first kappa shape index (κ1) is 15.4. The Morgan fingerprint density at radius 2 is 1.80 bits per heavy atom. The van der Waals surface area contributed by atoms with Gasteiger partial charge in [0, 0.05) is 10.4 Å². The zero-order valence-corrected chi connectivity index (χ0v) is 13.6. The summed E-state index contributed by atoms with van der Waals surface area (Å²) in [7, 11) is 0. The lowest BCUT2D eigenvalue weighted by Gasteiger charge is -2.09. The molecule has 0 saturated carbocycles. The number of rotatable bonds is 3. The van der Waals surface area contributed by atoms with E-state index in [0.717, 1.165) is 22.0 Å². The van der Waals surface area contributed by atoms with Gasteiger partial charge in [-0.1, -0.05) is 41.9 Å². The summed E-state index contributed by atoms with van der Waals surface area (Å²) in [5.41, 5.74) is 3.20. The highest BCUT2D eigenvalue weighted by Crippen LogP contribution is 2.34. The molecule has 4 rings (SSSR count). The number of benzene rings is 2. The number of nitro groups is 1. The third-order valence-corrected chi connectivity index (χ3v) is 4.11. The van der Waals surface area contributed by atoms with Gasteiger partial charge in [0.15, 0.2) is 5.76 Å². The van der Waals surface area contributed by atoms with E-state index in [1.807, 2.05) is 48.5 Å². The quantitative estimate of drug-likeness (QED) is 0.350. The molecule has 0 radical (unpaired) electrons. The molecule has 0 amide bonds. The molecular formula is C19H11ClN2O3. The average molecular weight is 351 g/mol. The zero-order valence-electron chi connectivity index (χ0n) is 12.8. The molecule has 2 aromatic heterocycles. The lowest BCUT2D eigenvalue weighted by Crippen LogP contribution is -1.89. The van der Waals surface area contributed by atoms with Crippen molar-refractivity contribution in [2.45, 2.75) is 0 Å². The maximum atomic E-state index is 10.9. The molecule has 5 nitrogen and oxygen atoms in total. The molecule has 2 aromatic carbocycles. The van der Waals surface area contributed by atoms with Gasteiger partial charge in [-0.05, 0) is 41.5 Å². The minimum atomic E-state index is -0.567. The second kappa shape index (κ2) is 6.03. The van der Waals surface area contributed by atoms with E-state index in [4.69, 9.17) is 16.0 Å². The molecule has 0 saturated heterocycles. The number of halogens is 1. The van der Waals surface area contributed by atoms with Gasteiger partial charge in [-0.3, -0.25) is 10.1 Å². The largest absolute Gasteiger partial charge is 0.433 e. The molecular weight excluding hydrogens is 340 g/mol. The Morgan fingerprint density at radius 1 is 1.00 bits per heavy atom. The summed E-state index contributed by atoms with van der Waals surface area (Å²) in [4.78, 5) is 14.9. The van der Waals surface area contributed by atoms with Crippen LogP contribution in [0, 0.1) is 10.1 Å². The number of nitrogens with zero attached hydrogens (tertiary/aromatic N) is 2. The van der Waals surface area contributed by atoms with Gasteiger partial charge >= 0.3 is 5.88 Å². The van der Waals surface area contributed by atoms with Gasteiger partial charge in [0.1, 0.15) is 10.6 Å². The minimum Gasteiger partial charge on any atom is -0.399 e. The van der Waals surface area contributed by atoms with Crippen molar-refractivity contribution in [3.05, 3.63) is 81.9 Å². The number of furan rings is 1. The van der Waals surface area contributed by atoms with Crippen LogP contribution >= 0.6 is 11.6 Å². The Morgan fingerprint density at radius 3 is 2.52 bits per heavy atom. The number of aromatic nitrogens is 1. The standard InChI is InChI=1S/C19H11ClN2O3/c20-13-6-7-16-15(10-13)14(12-4-2-1-3-5-12)11-17(21-16)18-8-9-19(25-18)22(23)24/h1-11H. The van der Waals surface area contributed by atoms with Crippen LogP contribution in [0.25, 0.3) is 33.5 Å². The Balaban J connectivity index is 1.97. The van der Waals surface area contributed by atoms with Crippen molar-refractivity contribution in [1.82, 2.24) is 4.98 Å². The Labute approximate surface area is 147 Å². The van der Waals surface area contributed by atoms with Gasteiger partial charge in [-0.2, -0.15) is 0 Å². The van der Waals surface area contributed by atoms with E-state index in [-0.39, 0.29) is 5.88 Å². The van der Waals surface area contributed by atoms with E-state index in [1.165, 1.54) is 6.07 Å². The lowest BCUT2D eigenvalue weighted by atomic mass is 10.00. The van der Waals surface area contributed by atoms with Gasteiger partial charge in [0.05, 0.1) is 11.6 Å². The summed E-state index contributed by atoms with van der Waals surface area (Å²) in [5, 5.41) is 12.4. The fourth-order valence-corrected chi connectivity index (χ4v) is 2.92. The molecule has 25 heavy (non-hydrogen) atoms. The van der Waals surface area contributed by atoms with Gasteiger partial charge in [0.25, 0.3) is 0 Å². The van der Waals surface area contributed by atoms with Gasteiger partial charge < -0.3 is 4.42 Å². The van der Waals surface area contributed by atoms with E-state index < -0.39 is 4.92 Å². The highest BCUT2D eigenvalue weighted by Gasteiger charge is 2.16. The molecule has 122 valence electrons. The first-order chi connectivity index (χ1) is 12.1. The van der Waals surface area contributed by atoms with Crippen LogP contribution in [-0.4, -0.2) is 9.91 Å². The molecule has 0 fully saturated rings.